The molecule has 0 aliphatic rings. The van der Waals surface area contributed by atoms with E-state index in [-0.39, 0.29) is 5.89 Å². The van der Waals surface area contributed by atoms with Crippen molar-refractivity contribution in [3.8, 4) is 28.7 Å². The Morgan fingerprint density at radius 3 is 2.58 bits per heavy atom. The molecule has 0 saturated carbocycles. The molecular formula is C21H13ClFN5O2S. The lowest BCUT2D eigenvalue weighted by Gasteiger charge is -2.11. The zero-order valence-corrected chi connectivity index (χ0v) is 17.3. The lowest BCUT2D eigenvalue weighted by molar-refractivity contribution is 0.494. The van der Waals surface area contributed by atoms with Crippen LogP contribution in [-0.4, -0.2) is 25.0 Å². The minimum Gasteiger partial charge on any atom is -0.459 e. The first-order valence-electron chi connectivity index (χ1n) is 9.15. The number of halogens is 2. The van der Waals surface area contributed by atoms with E-state index in [4.69, 9.17) is 20.4 Å². The number of hydrogen-bond acceptors (Lipinski definition) is 7. The Kier molecular flexibility index (Phi) is 5.27. The molecule has 0 aliphatic heterocycles. The molecule has 0 spiro atoms. The number of rotatable bonds is 6. The summed E-state index contributed by atoms with van der Waals surface area (Å²) < 4.78 is 27.2. The second kappa shape index (κ2) is 8.37. The summed E-state index contributed by atoms with van der Waals surface area (Å²) in [6.45, 7) is 0. The van der Waals surface area contributed by atoms with Crippen molar-refractivity contribution in [3.05, 3.63) is 83.7 Å². The van der Waals surface area contributed by atoms with Crippen molar-refractivity contribution in [2.24, 2.45) is 0 Å². The van der Waals surface area contributed by atoms with E-state index in [9.17, 15) is 4.39 Å². The first kappa shape index (κ1) is 19.5. The highest BCUT2D eigenvalue weighted by molar-refractivity contribution is 7.98. The molecule has 3 aromatic heterocycles. The van der Waals surface area contributed by atoms with Gasteiger partial charge in [0.05, 0.1) is 22.7 Å². The Hall–Kier alpha value is -3.43. The van der Waals surface area contributed by atoms with Crippen molar-refractivity contribution in [2.45, 2.75) is 10.9 Å². The van der Waals surface area contributed by atoms with Crippen LogP contribution >= 0.6 is 23.4 Å². The highest BCUT2D eigenvalue weighted by atomic mass is 35.5. The Morgan fingerprint density at radius 2 is 1.77 bits per heavy atom. The largest absolute Gasteiger partial charge is 0.459 e. The van der Waals surface area contributed by atoms with Crippen LogP contribution in [0.25, 0.3) is 28.7 Å². The summed E-state index contributed by atoms with van der Waals surface area (Å²) in [5.74, 6) is 1.48. The molecular weight excluding hydrogens is 441 g/mol. The van der Waals surface area contributed by atoms with E-state index in [1.807, 2.05) is 18.2 Å². The normalized spacial score (nSPS) is 11.2. The highest BCUT2D eigenvalue weighted by Gasteiger charge is 2.21. The third kappa shape index (κ3) is 3.85. The standard InChI is InChI=1S/C21H13ClFN5O2S/c22-14-7-2-1-6-13(14)19-25-27-21(28(19)16-9-4-3-8-15(16)23)31-12-18-24-26-20(30-18)17-10-5-11-29-17/h1-11H,12H2. The summed E-state index contributed by atoms with van der Waals surface area (Å²) in [5, 5.41) is 17.5. The van der Waals surface area contributed by atoms with Gasteiger partial charge in [0.1, 0.15) is 5.82 Å². The zero-order chi connectivity index (χ0) is 21.2. The number of nitrogens with zero attached hydrogens (tertiary/aromatic N) is 5. The van der Waals surface area contributed by atoms with Gasteiger partial charge in [-0.1, -0.05) is 47.6 Å². The molecule has 0 N–H and O–H groups in total. The van der Waals surface area contributed by atoms with Crippen LogP contribution < -0.4 is 0 Å². The summed E-state index contributed by atoms with van der Waals surface area (Å²) in [6.07, 6.45) is 1.53. The van der Waals surface area contributed by atoms with Crippen molar-refractivity contribution >= 4 is 23.4 Å². The van der Waals surface area contributed by atoms with Crippen LogP contribution in [0.2, 0.25) is 5.02 Å². The Balaban J connectivity index is 1.50. The SMILES string of the molecule is Fc1ccccc1-n1c(SCc2nnc(-c3ccco3)o2)nnc1-c1ccccc1Cl. The van der Waals surface area contributed by atoms with E-state index < -0.39 is 5.82 Å². The van der Waals surface area contributed by atoms with Gasteiger partial charge in [0.2, 0.25) is 5.89 Å². The molecule has 5 aromatic rings. The molecule has 0 radical (unpaired) electrons. The minimum absolute atomic E-state index is 0.285. The van der Waals surface area contributed by atoms with Crippen LogP contribution in [0.1, 0.15) is 5.89 Å². The van der Waals surface area contributed by atoms with Crippen molar-refractivity contribution < 1.29 is 13.2 Å². The number of aromatic nitrogens is 5. The van der Waals surface area contributed by atoms with Gasteiger partial charge >= 0.3 is 0 Å². The number of hydrogen-bond donors (Lipinski definition) is 0. The van der Waals surface area contributed by atoms with Crippen LogP contribution in [0.3, 0.4) is 0 Å². The van der Waals surface area contributed by atoms with Gasteiger partial charge in [-0.15, -0.1) is 20.4 Å². The summed E-state index contributed by atoms with van der Waals surface area (Å²) in [6, 6.07) is 17.1. The van der Waals surface area contributed by atoms with Gasteiger partial charge in [-0.25, -0.2) is 4.39 Å². The number of para-hydroxylation sites is 1. The molecule has 0 fully saturated rings. The Labute approximate surface area is 184 Å². The third-order valence-electron chi connectivity index (χ3n) is 4.37. The fourth-order valence-electron chi connectivity index (χ4n) is 2.97. The van der Waals surface area contributed by atoms with Crippen LogP contribution in [0.4, 0.5) is 4.39 Å². The van der Waals surface area contributed by atoms with Gasteiger partial charge in [0.15, 0.2) is 16.7 Å². The average Bonchev–Trinajstić information content (AvgIpc) is 3.53. The maximum atomic E-state index is 14.7. The number of furan rings is 1. The zero-order valence-electron chi connectivity index (χ0n) is 15.8. The van der Waals surface area contributed by atoms with E-state index >= 15 is 0 Å². The predicted molar refractivity (Wildman–Crippen MR) is 113 cm³/mol. The molecule has 10 heteroatoms. The smallest absolute Gasteiger partial charge is 0.283 e. The first-order valence-corrected chi connectivity index (χ1v) is 10.5. The van der Waals surface area contributed by atoms with E-state index in [1.54, 1.807) is 41.0 Å². The number of benzene rings is 2. The lowest BCUT2D eigenvalue weighted by atomic mass is 10.2. The second-order valence-electron chi connectivity index (χ2n) is 6.34. The van der Waals surface area contributed by atoms with Crippen LogP contribution in [-0.2, 0) is 5.75 Å². The van der Waals surface area contributed by atoms with Gasteiger partial charge in [0, 0.05) is 5.56 Å². The molecule has 5 rings (SSSR count). The highest BCUT2D eigenvalue weighted by Crippen LogP contribution is 2.33. The topological polar surface area (TPSA) is 82.8 Å². The summed E-state index contributed by atoms with van der Waals surface area (Å²) >= 11 is 7.66. The molecule has 154 valence electrons. The summed E-state index contributed by atoms with van der Waals surface area (Å²) in [5.41, 5.74) is 0.955. The molecule has 31 heavy (non-hydrogen) atoms. The average molecular weight is 454 g/mol. The van der Waals surface area contributed by atoms with Crippen molar-refractivity contribution in [1.82, 2.24) is 25.0 Å². The fourth-order valence-corrected chi connectivity index (χ4v) is 3.97. The quantitative estimate of drug-likeness (QED) is 0.306. The molecule has 7 nitrogen and oxygen atoms in total. The van der Waals surface area contributed by atoms with Crippen molar-refractivity contribution in [1.29, 1.82) is 0 Å². The molecule has 0 unspecified atom stereocenters. The van der Waals surface area contributed by atoms with Crippen LogP contribution in [0.15, 0.2) is 80.9 Å². The molecule has 2 aromatic carbocycles. The molecule has 0 saturated heterocycles. The first-order chi connectivity index (χ1) is 15.2. The van der Waals surface area contributed by atoms with Gasteiger partial charge in [-0.3, -0.25) is 4.57 Å². The molecule has 0 atom stereocenters. The molecule has 0 bridgehead atoms. The van der Waals surface area contributed by atoms with E-state index in [0.717, 1.165) is 0 Å². The molecule has 3 heterocycles. The van der Waals surface area contributed by atoms with Crippen molar-refractivity contribution in [2.75, 3.05) is 0 Å². The summed E-state index contributed by atoms with van der Waals surface area (Å²) in [4.78, 5) is 0. The van der Waals surface area contributed by atoms with Gasteiger partial charge in [0.25, 0.3) is 5.89 Å². The van der Waals surface area contributed by atoms with Crippen LogP contribution in [0.5, 0.6) is 0 Å². The Bertz CT molecular complexity index is 1340. The minimum atomic E-state index is -0.407. The van der Waals surface area contributed by atoms with Crippen LogP contribution in [0, 0.1) is 5.82 Å². The van der Waals surface area contributed by atoms with Crippen molar-refractivity contribution in [3.63, 3.8) is 0 Å². The molecule has 0 amide bonds. The maximum absolute atomic E-state index is 14.7. The van der Waals surface area contributed by atoms with E-state index in [1.165, 1.54) is 24.1 Å². The third-order valence-corrected chi connectivity index (χ3v) is 5.61. The predicted octanol–water partition coefficient (Wildman–Crippen LogP) is 5.66. The van der Waals surface area contributed by atoms with Gasteiger partial charge in [-0.05, 0) is 36.4 Å². The maximum Gasteiger partial charge on any atom is 0.283 e. The van der Waals surface area contributed by atoms with Gasteiger partial charge < -0.3 is 8.83 Å². The number of thioether (sulfide) groups is 1. The molecule has 0 aliphatic carbocycles. The Morgan fingerprint density at radius 1 is 0.935 bits per heavy atom. The second-order valence-corrected chi connectivity index (χ2v) is 7.69. The van der Waals surface area contributed by atoms with Gasteiger partial charge in [-0.2, -0.15) is 0 Å². The van der Waals surface area contributed by atoms with E-state index in [0.29, 0.717) is 44.7 Å². The fraction of sp³-hybridized carbons (Fsp3) is 0.0476. The lowest BCUT2D eigenvalue weighted by Crippen LogP contribution is -2.02. The monoisotopic (exact) mass is 453 g/mol. The summed E-state index contributed by atoms with van der Waals surface area (Å²) in [7, 11) is 0. The van der Waals surface area contributed by atoms with E-state index in [2.05, 4.69) is 20.4 Å².